The lowest BCUT2D eigenvalue weighted by Crippen LogP contribution is -2.45. The second kappa shape index (κ2) is 5.83. The Labute approximate surface area is 93.8 Å². The summed E-state index contributed by atoms with van der Waals surface area (Å²) in [7, 11) is 2.04. The molecule has 2 aliphatic heterocycles. The smallest absolute Gasteiger partial charge is 0.0120 e. The van der Waals surface area contributed by atoms with Gasteiger partial charge in [0.2, 0.25) is 0 Å². The van der Waals surface area contributed by atoms with E-state index in [0.29, 0.717) is 0 Å². The summed E-state index contributed by atoms with van der Waals surface area (Å²) >= 11 is 0. The quantitative estimate of drug-likeness (QED) is 0.741. The van der Waals surface area contributed by atoms with Gasteiger partial charge in [0, 0.05) is 19.1 Å². The van der Waals surface area contributed by atoms with Crippen LogP contribution in [0.5, 0.6) is 0 Å². The summed E-state index contributed by atoms with van der Waals surface area (Å²) in [5.74, 6) is 0. The molecule has 0 aliphatic carbocycles. The molecular formula is C12H25N3. The Hall–Kier alpha value is -0.120. The number of rotatable bonds is 4. The van der Waals surface area contributed by atoms with E-state index in [4.69, 9.17) is 0 Å². The maximum atomic E-state index is 3.23. The summed E-state index contributed by atoms with van der Waals surface area (Å²) in [5, 5.41) is 3.23. The first-order chi connectivity index (χ1) is 7.40. The third-order valence-electron chi connectivity index (χ3n) is 3.89. The number of hydrogen-bond acceptors (Lipinski definition) is 3. The molecule has 0 aromatic heterocycles. The lowest BCUT2D eigenvalue weighted by atomic mass is 10.0. The largest absolute Gasteiger partial charge is 0.318 e. The Bertz CT molecular complexity index is 170. The van der Waals surface area contributed by atoms with E-state index in [2.05, 4.69) is 15.1 Å². The molecule has 0 bridgehead atoms. The first-order valence-corrected chi connectivity index (χ1v) is 6.51. The van der Waals surface area contributed by atoms with Gasteiger partial charge in [-0.25, -0.2) is 0 Å². The number of nitrogens with one attached hydrogen (secondary N) is 1. The standard InChI is InChI=1S/C12H25N3/c1-13-6-11-14-9-4-12(5-10-14)15-7-2-3-8-15/h12-13H,2-11H2,1H3. The van der Waals surface area contributed by atoms with E-state index >= 15 is 0 Å². The SMILES string of the molecule is CNCCN1CCC(N2CCCC2)CC1. The molecule has 0 amide bonds. The van der Waals surface area contributed by atoms with Crippen molar-refractivity contribution >= 4 is 0 Å². The van der Waals surface area contributed by atoms with E-state index in [-0.39, 0.29) is 0 Å². The van der Waals surface area contributed by atoms with Gasteiger partial charge in [0.25, 0.3) is 0 Å². The molecule has 0 atom stereocenters. The fourth-order valence-corrected chi connectivity index (χ4v) is 2.88. The molecule has 3 nitrogen and oxygen atoms in total. The summed E-state index contributed by atoms with van der Waals surface area (Å²) in [6.07, 6.45) is 5.65. The van der Waals surface area contributed by atoms with Crippen molar-refractivity contribution in [2.45, 2.75) is 31.7 Å². The molecule has 1 N–H and O–H groups in total. The van der Waals surface area contributed by atoms with Gasteiger partial charge < -0.3 is 15.1 Å². The van der Waals surface area contributed by atoms with Crippen molar-refractivity contribution in [1.29, 1.82) is 0 Å². The molecule has 2 aliphatic rings. The Morgan fingerprint density at radius 3 is 2.33 bits per heavy atom. The van der Waals surface area contributed by atoms with Crippen LogP contribution in [0.2, 0.25) is 0 Å². The first-order valence-electron chi connectivity index (χ1n) is 6.51. The second-order valence-corrected chi connectivity index (χ2v) is 4.92. The highest BCUT2D eigenvalue weighted by molar-refractivity contribution is 4.82. The van der Waals surface area contributed by atoms with E-state index in [1.54, 1.807) is 0 Å². The highest BCUT2D eigenvalue weighted by atomic mass is 15.2. The van der Waals surface area contributed by atoms with Gasteiger partial charge in [-0.1, -0.05) is 0 Å². The molecular weight excluding hydrogens is 186 g/mol. The topological polar surface area (TPSA) is 18.5 Å². The molecule has 2 fully saturated rings. The molecule has 0 aromatic rings. The van der Waals surface area contributed by atoms with Gasteiger partial charge >= 0.3 is 0 Å². The molecule has 88 valence electrons. The molecule has 2 heterocycles. The van der Waals surface area contributed by atoms with Crippen molar-refractivity contribution in [3.05, 3.63) is 0 Å². The van der Waals surface area contributed by atoms with Crippen molar-refractivity contribution in [3.8, 4) is 0 Å². The number of likely N-dealkylation sites (N-methyl/N-ethyl adjacent to an activating group) is 1. The minimum atomic E-state index is 0.901. The third kappa shape index (κ3) is 3.16. The predicted octanol–water partition coefficient (Wildman–Crippen LogP) is 0.766. The molecule has 2 saturated heterocycles. The Kier molecular flexibility index (Phi) is 4.42. The Balaban J connectivity index is 1.67. The highest BCUT2D eigenvalue weighted by Gasteiger charge is 2.25. The first kappa shape index (κ1) is 11.4. The minimum Gasteiger partial charge on any atom is -0.318 e. The van der Waals surface area contributed by atoms with Crippen LogP contribution < -0.4 is 5.32 Å². The van der Waals surface area contributed by atoms with Crippen LogP contribution in [0.3, 0.4) is 0 Å². The molecule has 3 heteroatoms. The van der Waals surface area contributed by atoms with Crippen LogP contribution in [-0.4, -0.2) is 62.2 Å². The minimum absolute atomic E-state index is 0.901. The molecule has 15 heavy (non-hydrogen) atoms. The zero-order chi connectivity index (χ0) is 10.5. The number of likely N-dealkylation sites (tertiary alicyclic amines) is 2. The van der Waals surface area contributed by atoms with Gasteiger partial charge in [0.05, 0.1) is 0 Å². The zero-order valence-corrected chi connectivity index (χ0v) is 10.0. The van der Waals surface area contributed by atoms with E-state index < -0.39 is 0 Å². The van der Waals surface area contributed by atoms with Crippen LogP contribution in [0.4, 0.5) is 0 Å². The predicted molar refractivity (Wildman–Crippen MR) is 64.2 cm³/mol. The molecule has 0 radical (unpaired) electrons. The van der Waals surface area contributed by atoms with Crippen LogP contribution in [0, 0.1) is 0 Å². The normalized spacial score (nSPS) is 26.2. The summed E-state index contributed by atoms with van der Waals surface area (Å²) in [6, 6.07) is 0.901. The lowest BCUT2D eigenvalue weighted by molar-refractivity contribution is 0.128. The van der Waals surface area contributed by atoms with Gasteiger partial charge in [0.1, 0.15) is 0 Å². The van der Waals surface area contributed by atoms with Gasteiger partial charge in [0.15, 0.2) is 0 Å². The fourth-order valence-electron chi connectivity index (χ4n) is 2.88. The number of piperidine rings is 1. The summed E-state index contributed by atoms with van der Waals surface area (Å²) in [6.45, 7) is 7.70. The Morgan fingerprint density at radius 1 is 1.07 bits per heavy atom. The maximum Gasteiger partial charge on any atom is 0.0120 e. The van der Waals surface area contributed by atoms with Crippen molar-refractivity contribution in [1.82, 2.24) is 15.1 Å². The Morgan fingerprint density at radius 2 is 1.73 bits per heavy atom. The van der Waals surface area contributed by atoms with E-state index in [1.165, 1.54) is 58.4 Å². The van der Waals surface area contributed by atoms with E-state index in [1.807, 2.05) is 7.05 Å². The van der Waals surface area contributed by atoms with Crippen molar-refractivity contribution < 1.29 is 0 Å². The zero-order valence-electron chi connectivity index (χ0n) is 10.0. The third-order valence-corrected chi connectivity index (χ3v) is 3.89. The maximum absolute atomic E-state index is 3.23. The van der Waals surface area contributed by atoms with Crippen LogP contribution in [-0.2, 0) is 0 Å². The number of hydrogen-bond donors (Lipinski definition) is 1. The monoisotopic (exact) mass is 211 g/mol. The summed E-state index contributed by atoms with van der Waals surface area (Å²) in [5.41, 5.74) is 0. The van der Waals surface area contributed by atoms with Gasteiger partial charge in [-0.2, -0.15) is 0 Å². The molecule has 0 aromatic carbocycles. The molecule has 2 rings (SSSR count). The van der Waals surface area contributed by atoms with Crippen LogP contribution >= 0.6 is 0 Å². The van der Waals surface area contributed by atoms with Crippen LogP contribution in [0.15, 0.2) is 0 Å². The van der Waals surface area contributed by atoms with Gasteiger partial charge in [-0.15, -0.1) is 0 Å². The number of nitrogens with zero attached hydrogens (tertiary/aromatic N) is 2. The molecule has 0 spiro atoms. The fraction of sp³-hybridized carbons (Fsp3) is 1.00. The van der Waals surface area contributed by atoms with Gasteiger partial charge in [-0.3, -0.25) is 0 Å². The summed E-state index contributed by atoms with van der Waals surface area (Å²) in [4.78, 5) is 5.32. The van der Waals surface area contributed by atoms with Crippen molar-refractivity contribution in [2.24, 2.45) is 0 Å². The van der Waals surface area contributed by atoms with Gasteiger partial charge in [-0.05, 0) is 58.9 Å². The molecule has 0 saturated carbocycles. The van der Waals surface area contributed by atoms with Crippen LogP contribution in [0.1, 0.15) is 25.7 Å². The van der Waals surface area contributed by atoms with Crippen LogP contribution in [0.25, 0.3) is 0 Å². The second-order valence-electron chi connectivity index (χ2n) is 4.92. The molecule has 0 unspecified atom stereocenters. The lowest BCUT2D eigenvalue weighted by Gasteiger charge is -2.36. The highest BCUT2D eigenvalue weighted by Crippen LogP contribution is 2.20. The summed E-state index contributed by atoms with van der Waals surface area (Å²) < 4.78 is 0. The van der Waals surface area contributed by atoms with Crippen molar-refractivity contribution in [3.63, 3.8) is 0 Å². The van der Waals surface area contributed by atoms with E-state index in [9.17, 15) is 0 Å². The van der Waals surface area contributed by atoms with Crippen molar-refractivity contribution in [2.75, 3.05) is 46.3 Å². The average Bonchev–Trinajstić information content (AvgIpc) is 2.80. The van der Waals surface area contributed by atoms with E-state index in [0.717, 1.165) is 12.6 Å². The average molecular weight is 211 g/mol.